The highest BCUT2D eigenvalue weighted by molar-refractivity contribution is 6.09. The Labute approximate surface area is 152 Å². The average Bonchev–Trinajstić information content (AvgIpc) is 2.52. The molecule has 1 aromatic carbocycles. The van der Waals surface area contributed by atoms with Gasteiger partial charge in [-0.15, -0.1) is 0 Å². The zero-order valence-corrected chi connectivity index (χ0v) is 15.1. The van der Waals surface area contributed by atoms with Gasteiger partial charge in [0.25, 0.3) is 0 Å². The number of hydrogen-bond donors (Lipinski definition) is 2. The molecule has 1 unspecified atom stereocenters. The lowest BCUT2D eigenvalue weighted by molar-refractivity contribution is -0.129. The number of benzene rings is 1. The van der Waals surface area contributed by atoms with Crippen molar-refractivity contribution in [2.24, 2.45) is 11.3 Å². The molecule has 3 rings (SSSR count). The Bertz CT molecular complexity index is 834. The Morgan fingerprint density at radius 3 is 2.38 bits per heavy atom. The summed E-state index contributed by atoms with van der Waals surface area (Å²) >= 11 is 0. The monoisotopic (exact) mass is 354 g/mol. The van der Waals surface area contributed by atoms with E-state index >= 15 is 0 Å². The lowest BCUT2D eigenvalue weighted by Gasteiger charge is -2.37. The standard InChI is InChI=1S/C20H22N2O4/c1-11(23)12-4-6-13(7-5-12)21-19(26)14-8-17(25)22-15-9-20(2,3)10-16(24)18(14)15/h4-7,14H,8-10H2,1-3H3,(H,21,26)(H,22,25). The number of nitrogens with one attached hydrogen (secondary N) is 2. The molecule has 0 fully saturated rings. The highest BCUT2D eigenvalue weighted by Gasteiger charge is 2.42. The lowest BCUT2D eigenvalue weighted by atomic mass is 9.71. The maximum atomic E-state index is 12.7. The van der Waals surface area contributed by atoms with Crippen LogP contribution in [0.4, 0.5) is 5.69 Å². The third kappa shape index (κ3) is 3.59. The second-order valence-corrected chi connectivity index (χ2v) is 7.76. The molecule has 0 spiro atoms. The summed E-state index contributed by atoms with van der Waals surface area (Å²) in [5.74, 6) is -1.55. The van der Waals surface area contributed by atoms with Crippen molar-refractivity contribution >= 4 is 29.1 Å². The van der Waals surface area contributed by atoms with Gasteiger partial charge in [-0.1, -0.05) is 13.8 Å². The summed E-state index contributed by atoms with van der Waals surface area (Å²) in [5, 5.41) is 5.53. The molecular weight excluding hydrogens is 332 g/mol. The number of carbonyl (C=O) groups is 4. The molecule has 26 heavy (non-hydrogen) atoms. The first-order valence-corrected chi connectivity index (χ1v) is 8.64. The fourth-order valence-electron chi connectivity index (χ4n) is 3.60. The Morgan fingerprint density at radius 2 is 1.77 bits per heavy atom. The molecule has 1 atom stereocenters. The first kappa shape index (κ1) is 18.0. The van der Waals surface area contributed by atoms with E-state index in [1.165, 1.54) is 6.92 Å². The molecule has 136 valence electrons. The van der Waals surface area contributed by atoms with Gasteiger partial charge in [-0.25, -0.2) is 0 Å². The second-order valence-electron chi connectivity index (χ2n) is 7.76. The van der Waals surface area contributed by atoms with Crippen molar-refractivity contribution in [3.05, 3.63) is 41.1 Å². The first-order chi connectivity index (χ1) is 12.2. The van der Waals surface area contributed by atoms with E-state index < -0.39 is 5.92 Å². The largest absolute Gasteiger partial charge is 0.329 e. The highest BCUT2D eigenvalue weighted by Crippen LogP contribution is 2.40. The number of ketones is 2. The van der Waals surface area contributed by atoms with Gasteiger partial charge in [0.1, 0.15) is 0 Å². The summed E-state index contributed by atoms with van der Waals surface area (Å²) < 4.78 is 0. The van der Waals surface area contributed by atoms with Gasteiger partial charge in [0, 0.05) is 35.4 Å². The molecule has 1 aliphatic carbocycles. The van der Waals surface area contributed by atoms with Crippen LogP contribution >= 0.6 is 0 Å². The normalized spacial score (nSPS) is 21.7. The van der Waals surface area contributed by atoms with E-state index in [0.717, 1.165) is 0 Å². The minimum atomic E-state index is -0.783. The smallest absolute Gasteiger partial charge is 0.232 e. The number of anilines is 1. The van der Waals surface area contributed by atoms with Crippen molar-refractivity contribution in [3.63, 3.8) is 0 Å². The minimum absolute atomic E-state index is 0.0393. The van der Waals surface area contributed by atoms with E-state index in [9.17, 15) is 19.2 Å². The van der Waals surface area contributed by atoms with Gasteiger partial charge in [-0.3, -0.25) is 19.2 Å². The number of allylic oxidation sites excluding steroid dienone is 1. The van der Waals surface area contributed by atoms with Crippen molar-refractivity contribution in [2.75, 3.05) is 5.32 Å². The summed E-state index contributed by atoms with van der Waals surface area (Å²) in [5.41, 5.74) is 1.85. The van der Waals surface area contributed by atoms with Crippen LogP contribution in [0.15, 0.2) is 35.5 Å². The number of carbonyl (C=O) groups excluding carboxylic acids is 4. The summed E-state index contributed by atoms with van der Waals surface area (Å²) in [7, 11) is 0. The van der Waals surface area contributed by atoms with E-state index in [-0.39, 0.29) is 35.2 Å². The van der Waals surface area contributed by atoms with Crippen LogP contribution in [0.2, 0.25) is 0 Å². The first-order valence-electron chi connectivity index (χ1n) is 8.64. The number of hydrogen-bond acceptors (Lipinski definition) is 4. The topological polar surface area (TPSA) is 92.3 Å². The van der Waals surface area contributed by atoms with Gasteiger partial charge in [0.2, 0.25) is 11.8 Å². The molecule has 2 aliphatic rings. The van der Waals surface area contributed by atoms with Gasteiger partial charge < -0.3 is 10.6 Å². The third-order valence-corrected chi connectivity index (χ3v) is 4.82. The van der Waals surface area contributed by atoms with Gasteiger partial charge in [-0.2, -0.15) is 0 Å². The van der Waals surface area contributed by atoms with Crippen molar-refractivity contribution in [3.8, 4) is 0 Å². The zero-order valence-electron chi connectivity index (χ0n) is 15.1. The fourth-order valence-corrected chi connectivity index (χ4v) is 3.60. The molecule has 0 bridgehead atoms. The molecule has 2 amide bonds. The lowest BCUT2D eigenvalue weighted by Crippen LogP contribution is -2.44. The zero-order chi connectivity index (χ0) is 19.1. The average molecular weight is 354 g/mol. The van der Waals surface area contributed by atoms with E-state index in [4.69, 9.17) is 0 Å². The summed E-state index contributed by atoms with van der Waals surface area (Å²) in [6.07, 6.45) is 0.887. The highest BCUT2D eigenvalue weighted by atomic mass is 16.2. The molecule has 0 saturated heterocycles. The van der Waals surface area contributed by atoms with Crippen LogP contribution in [-0.2, 0) is 14.4 Å². The number of Topliss-reactive ketones (excluding diaryl/α,β-unsaturated/α-hetero) is 2. The Balaban J connectivity index is 1.85. The predicted octanol–water partition coefficient (Wildman–Crippen LogP) is 2.61. The summed E-state index contributed by atoms with van der Waals surface area (Å²) in [6, 6.07) is 6.53. The van der Waals surface area contributed by atoms with Crippen LogP contribution in [0.3, 0.4) is 0 Å². The molecule has 6 nitrogen and oxygen atoms in total. The second kappa shape index (κ2) is 6.52. The molecule has 1 aliphatic heterocycles. The summed E-state index contributed by atoms with van der Waals surface area (Å²) in [4.78, 5) is 48.7. The summed E-state index contributed by atoms with van der Waals surface area (Å²) in [6.45, 7) is 5.42. The van der Waals surface area contributed by atoms with Gasteiger partial charge in [0.05, 0.1) is 5.92 Å². The van der Waals surface area contributed by atoms with Gasteiger partial charge in [-0.05, 0) is 43.0 Å². The van der Waals surface area contributed by atoms with Crippen molar-refractivity contribution in [1.82, 2.24) is 5.32 Å². The van der Waals surface area contributed by atoms with Crippen LogP contribution in [0.1, 0.15) is 50.4 Å². The van der Waals surface area contributed by atoms with Crippen LogP contribution in [-0.4, -0.2) is 23.4 Å². The SMILES string of the molecule is CC(=O)c1ccc(NC(=O)C2CC(=O)NC3=C2C(=O)CC(C)(C)C3)cc1. The Hall–Kier alpha value is -2.76. The van der Waals surface area contributed by atoms with E-state index in [1.807, 2.05) is 13.8 Å². The van der Waals surface area contributed by atoms with Crippen LogP contribution in [0.25, 0.3) is 0 Å². The van der Waals surface area contributed by atoms with Crippen molar-refractivity contribution in [2.45, 2.75) is 40.0 Å². The number of rotatable bonds is 3. The van der Waals surface area contributed by atoms with Crippen LogP contribution in [0.5, 0.6) is 0 Å². The molecule has 2 N–H and O–H groups in total. The van der Waals surface area contributed by atoms with Gasteiger partial charge in [0.15, 0.2) is 11.6 Å². The molecule has 1 heterocycles. The van der Waals surface area contributed by atoms with E-state index in [2.05, 4.69) is 10.6 Å². The van der Waals surface area contributed by atoms with Gasteiger partial charge >= 0.3 is 0 Å². The van der Waals surface area contributed by atoms with Crippen molar-refractivity contribution < 1.29 is 19.2 Å². The predicted molar refractivity (Wildman–Crippen MR) is 96.4 cm³/mol. The third-order valence-electron chi connectivity index (χ3n) is 4.82. The quantitative estimate of drug-likeness (QED) is 0.816. The van der Waals surface area contributed by atoms with Crippen LogP contribution < -0.4 is 10.6 Å². The molecule has 6 heteroatoms. The van der Waals surface area contributed by atoms with E-state index in [1.54, 1.807) is 24.3 Å². The minimum Gasteiger partial charge on any atom is -0.329 e. The fraction of sp³-hybridized carbons (Fsp3) is 0.400. The van der Waals surface area contributed by atoms with E-state index in [0.29, 0.717) is 35.4 Å². The molecule has 0 aromatic heterocycles. The Kier molecular flexibility index (Phi) is 4.52. The maximum Gasteiger partial charge on any atom is 0.232 e. The molecular formula is C20H22N2O4. The van der Waals surface area contributed by atoms with Crippen molar-refractivity contribution in [1.29, 1.82) is 0 Å². The Morgan fingerprint density at radius 1 is 1.12 bits per heavy atom. The van der Waals surface area contributed by atoms with Crippen LogP contribution in [0, 0.1) is 11.3 Å². The molecule has 0 saturated carbocycles. The molecule has 1 aromatic rings. The molecule has 0 radical (unpaired) electrons. The maximum absolute atomic E-state index is 12.7. The number of amides is 2.